The molecule has 0 bridgehead atoms. The zero-order valence-electron chi connectivity index (χ0n) is 10.2. The van der Waals surface area contributed by atoms with Gasteiger partial charge in [-0.25, -0.2) is 4.79 Å². The topological polar surface area (TPSA) is 53.3 Å². The van der Waals surface area contributed by atoms with E-state index in [9.17, 15) is 4.79 Å². The van der Waals surface area contributed by atoms with Crippen molar-refractivity contribution in [3.05, 3.63) is 0 Å². The average Bonchev–Trinajstić information content (AvgIpc) is 2.10. The van der Waals surface area contributed by atoms with Gasteiger partial charge in [-0.3, -0.25) is 0 Å². The zero-order chi connectivity index (χ0) is 12.1. The third-order valence-corrected chi connectivity index (χ3v) is 1.82. The molecule has 0 saturated carbocycles. The van der Waals surface area contributed by atoms with Crippen LogP contribution in [0.4, 0.5) is 4.79 Å². The van der Waals surface area contributed by atoms with Crippen molar-refractivity contribution in [2.75, 3.05) is 13.6 Å². The van der Waals surface area contributed by atoms with E-state index in [1.165, 1.54) is 4.90 Å². The van der Waals surface area contributed by atoms with Gasteiger partial charge in [0.1, 0.15) is 5.60 Å². The zero-order valence-corrected chi connectivity index (χ0v) is 10.2. The molecule has 0 saturated heterocycles. The van der Waals surface area contributed by atoms with Gasteiger partial charge in [0.15, 0.2) is 0 Å². The summed E-state index contributed by atoms with van der Waals surface area (Å²) in [6.45, 7) is 7.87. The van der Waals surface area contributed by atoms with Crippen molar-refractivity contribution in [2.24, 2.45) is 5.92 Å². The Labute approximate surface area is 91.8 Å². The molecule has 15 heavy (non-hydrogen) atoms. The second-order valence-electron chi connectivity index (χ2n) is 4.72. The average molecular weight is 212 g/mol. The molecular formula is C11H20N2O2. The summed E-state index contributed by atoms with van der Waals surface area (Å²) in [5.74, 6) is -0.0325. The number of rotatable bonds is 3. The number of nitriles is 1. The summed E-state index contributed by atoms with van der Waals surface area (Å²) in [5.41, 5.74) is -0.466. The van der Waals surface area contributed by atoms with E-state index in [2.05, 4.69) is 6.07 Å². The van der Waals surface area contributed by atoms with Crippen LogP contribution < -0.4 is 0 Å². The molecule has 1 amide bonds. The summed E-state index contributed by atoms with van der Waals surface area (Å²) in [5, 5.41) is 8.59. The van der Waals surface area contributed by atoms with Crippen LogP contribution in [0.3, 0.4) is 0 Å². The van der Waals surface area contributed by atoms with E-state index in [-0.39, 0.29) is 12.0 Å². The van der Waals surface area contributed by atoms with Gasteiger partial charge >= 0.3 is 6.09 Å². The number of carbonyl (C=O) groups excluding carboxylic acids is 1. The quantitative estimate of drug-likeness (QED) is 0.721. The fourth-order valence-electron chi connectivity index (χ4n) is 0.883. The SMILES string of the molecule is CC(C#N)CCN(C)C(=O)OC(C)(C)C. The lowest BCUT2D eigenvalue weighted by atomic mass is 10.1. The molecule has 0 fully saturated rings. The Morgan fingerprint density at radius 3 is 2.47 bits per heavy atom. The van der Waals surface area contributed by atoms with Crippen LogP contribution in [0.5, 0.6) is 0 Å². The predicted molar refractivity (Wildman–Crippen MR) is 58.3 cm³/mol. The van der Waals surface area contributed by atoms with Gasteiger partial charge in [-0.05, 0) is 34.1 Å². The lowest BCUT2D eigenvalue weighted by Gasteiger charge is -2.24. The fourth-order valence-corrected chi connectivity index (χ4v) is 0.883. The first-order valence-corrected chi connectivity index (χ1v) is 5.10. The molecule has 1 unspecified atom stereocenters. The standard InChI is InChI=1S/C11H20N2O2/c1-9(8-12)6-7-13(5)10(14)15-11(2,3)4/h9H,6-7H2,1-5H3. The molecule has 1 atom stereocenters. The molecule has 0 aromatic rings. The van der Waals surface area contributed by atoms with Crippen molar-refractivity contribution in [3.8, 4) is 6.07 Å². The van der Waals surface area contributed by atoms with Gasteiger partial charge in [-0.1, -0.05) is 0 Å². The summed E-state index contributed by atoms with van der Waals surface area (Å²) in [4.78, 5) is 13.0. The molecule has 0 rings (SSSR count). The van der Waals surface area contributed by atoms with Crippen LogP contribution in [-0.4, -0.2) is 30.2 Å². The molecule has 0 aliphatic heterocycles. The molecule has 0 aliphatic carbocycles. The van der Waals surface area contributed by atoms with Crippen molar-refractivity contribution < 1.29 is 9.53 Å². The van der Waals surface area contributed by atoms with Gasteiger partial charge in [-0.2, -0.15) is 5.26 Å². The lowest BCUT2D eigenvalue weighted by Crippen LogP contribution is -2.35. The Hall–Kier alpha value is -1.24. The molecule has 0 aliphatic rings. The number of nitrogens with zero attached hydrogens (tertiary/aromatic N) is 2. The summed E-state index contributed by atoms with van der Waals surface area (Å²) in [6.07, 6.45) is 0.333. The molecule has 0 heterocycles. The summed E-state index contributed by atoms with van der Waals surface area (Å²) in [6, 6.07) is 2.13. The highest BCUT2D eigenvalue weighted by atomic mass is 16.6. The Morgan fingerprint density at radius 2 is 2.07 bits per heavy atom. The predicted octanol–water partition coefficient (Wildman–Crippen LogP) is 2.40. The molecule has 4 heteroatoms. The second kappa shape index (κ2) is 5.59. The van der Waals surface area contributed by atoms with Crippen molar-refractivity contribution >= 4 is 6.09 Å². The maximum absolute atomic E-state index is 11.5. The first-order chi connectivity index (χ1) is 6.76. The Balaban J connectivity index is 3.96. The lowest BCUT2D eigenvalue weighted by molar-refractivity contribution is 0.0294. The molecule has 0 aromatic heterocycles. The highest BCUT2D eigenvalue weighted by molar-refractivity contribution is 5.67. The van der Waals surface area contributed by atoms with E-state index in [0.29, 0.717) is 13.0 Å². The van der Waals surface area contributed by atoms with E-state index in [4.69, 9.17) is 10.00 Å². The molecule has 0 aromatic carbocycles. The van der Waals surface area contributed by atoms with Crippen LogP contribution >= 0.6 is 0 Å². The minimum atomic E-state index is -0.466. The highest BCUT2D eigenvalue weighted by Crippen LogP contribution is 2.10. The third kappa shape index (κ3) is 6.78. The van der Waals surface area contributed by atoms with Crippen LogP contribution in [0.2, 0.25) is 0 Å². The normalized spacial score (nSPS) is 12.8. The van der Waals surface area contributed by atoms with Crippen molar-refractivity contribution in [1.82, 2.24) is 4.90 Å². The Bertz CT molecular complexity index is 250. The van der Waals surface area contributed by atoms with E-state index >= 15 is 0 Å². The summed E-state index contributed by atoms with van der Waals surface area (Å²) < 4.78 is 5.17. The third-order valence-electron chi connectivity index (χ3n) is 1.82. The van der Waals surface area contributed by atoms with E-state index in [1.54, 1.807) is 7.05 Å². The number of carbonyl (C=O) groups is 1. The van der Waals surface area contributed by atoms with Gasteiger partial charge < -0.3 is 9.64 Å². The maximum Gasteiger partial charge on any atom is 0.410 e. The minimum absolute atomic E-state index is 0.0325. The monoisotopic (exact) mass is 212 g/mol. The highest BCUT2D eigenvalue weighted by Gasteiger charge is 2.19. The Morgan fingerprint density at radius 1 is 1.53 bits per heavy atom. The number of amides is 1. The number of hydrogen-bond donors (Lipinski definition) is 0. The maximum atomic E-state index is 11.5. The van der Waals surface area contributed by atoms with Crippen LogP contribution in [0.1, 0.15) is 34.1 Å². The fraction of sp³-hybridized carbons (Fsp3) is 0.818. The second-order valence-corrected chi connectivity index (χ2v) is 4.72. The van der Waals surface area contributed by atoms with Gasteiger partial charge in [0.25, 0.3) is 0 Å². The van der Waals surface area contributed by atoms with E-state index in [0.717, 1.165) is 0 Å². The van der Waals surface area contributed by atoms with Crippen molar-refractivity contribution in [2.45, 2.75) is 39.7 Å². The van der Waals surface area contributed by atoms with Crippen LogP contribution in [0, 0.1) is 17.2 Å². The minimum Gasteiger partial charge on any atom is -0.444 e. The van der Waals surface area contributed by atoms with Crippen molar-refractivity contribution in [3.63, 3.8) is 0 Å². The summed E-state index contributed by atoms with van der Waals surface area (Å²) in [7, 11) is 1.68. The van der Waals surface area contributed by atoms with Gasteiger partial charge in [0.2, 0.25) is 0 Å². The molecular weight excluding hydrogens is 192 g/mol. The van der Waals surface area contributed by atoms with Gasteiger partial charge in [0.05, 0.1) is 6.07 Å². The van der Waals surface area contributed by atoms with Gasteiger partial charge in [-0.15, -0.1) is 0 Å². The number of hydrogen-bond acceptors (Lipinski definition) is 3. The first-order valence-electron chi connectivity index (χ1n) is 5.10. The summed E-state index contributed by atoms with van der Waals surface area (Å²) >= 11 is 0. The Kier molecular flexibility index (Phi) is 5.13. The molecule has 86 valence electrons. The smallest absolute Gasteiger partial charge is 0.410 e. The van der Waals surface area contributed by atoms with Crippen molar-refractivity contribution in [1.29, 1.82) is 5.26 Å². The van der Waals surface area contributed by atoms with Crippen LogP contribution in [0.15, 0.2) is 0 Å². The van der Waals surface area contributed by atoms with E-state index in [1.807, 2.05) is 27.7 Å². The first kappa shape index (κ1) is 13.8. The van der Waals surface area contributed by atoms with Crippen LogP contribution in [-0.2, 0) is 4.74 Å². The van der Waals surface area contributed by atoms with Crippen LogP contribution in [0.25, 0.3) is 0 Å². The molecule has 0 spiro atoms. The molecule has 0 radical (unpaired) electrons. The largest absolute Gasteiger partial charge is 0.444 e. The molecule has 0 N–H and O–H groups in total. The molecule has 4 nitrogen and oxygen atoms in total. The number of ether oxygens (including phenoxy) is 1. The van der Waals surface area contributed by atoms with Gasteiger partial charge in [0, 0.05) is 19.5 Å². The van der Waals surface area contributed by atoms with E-state index < -0.39 is 5.60 Å².